The summed E-state index contributed by atoms with van der Waals surface area (Å²) in [5, 5.41) is 0. The van der Waals surface area contributed by atoms with Crippen molar-refractivity contribution in [1.82, 2.24) is 4.90 Å². The maximum Gasteiger partial charge on any atom is 0.346 e. The summed E-state index contributed by atoms with van der Waals surface area (Å²) in [4.78, 5) is 16.2. The van der Waals surface area contributed by atoms with Crippen LogP contribution in [0, 0.1) is 12.3 Å². The fourth-order valence-corrected chi connectivity index (χ4v) is 1.15. The number of terminal acetylenes is 1. The van der Waals surface area contributed by atoms with Crippen LogP contribution in [0.4, 0.5) is 4.79 Å². The monoisotopic (exact) mass is 165 g/mol. The summed E-state index contributed by atoms with van der Waals surface area (Å²) >= 11 is 0. The number of carbonyl (C=O) groups is 1. The Kier molecular flexibility index (Phi) is 2.05. The molecule has 2 unspecified atom stereocenters. The lowest BCUT2D eigenvalue weighted by molar-refractivity contribution is 0.202. The van der Waals surface area contributed by atoms with Crippen molar-refractivity contribution in [3.05, 3.63) is 0 Å². The summed E-state index contributed by atoms with van der Waals surface area (Å²) in [5.41, 5.74) is 5.47. The zero-order chi connectivity index (χ0) is 9.30. The number of nitrogens with two attached hydrogens (primary N) is 1. The third-order valence-corrected chi connectivity index (χ3v) is 1.95. The van der Waals surface area contributed by atoms with Crippen LogP contribution in [0.3, 0.4) is 0 Å². The molecule has 0 spiro atoms. The van der Waals surface area contributed by atoms with E-state index in [0.717, 1.165) is 0 Å². The topological polar surface area (TPSA) is 58.7 Å². The van der Waals surface area contributed by atoms with Crippen molar-refractivity contribution >= 4 is 11.9 Å². The first-order chi connectivity index (χ1) is 5.57. The van der Waals surface area contributed by atoms with Crippen molar-refractivity contribution < 1.29 is 4.79 Å². The predicted octanol–water partition coefficient (Wildman–Crippen LogP) is 0.189. The molecule has 0 saturated heterocycles. The average molecular weight is 165 g/mol. The second-order valence-corrected chi connectivity index (χ2v) is 2.75. The van der Waals surface area contributed by atoms with Crippen LogP contribution in [0.25, 0.3) is 0 Å². The van der Waals surface area contributed by atoms with E-state index in [-0.39, 0.29) is 18.1 Å². The Morgan fingerprint density at radius 2 is 2.42 bits per heavy atom. The number of hydrogen-bond acceptors (Lipinski definition) is 2. The lowest BCUT2D eigenvalue weighted by Gasteiger charge is -2.23. The molecule has 0 bridgehead atoms. The molecule has 4 nitrogen and oxygen atoms in total. The summed E-state index contributed by atoms with van der Waals surface area (Å²) in [6, 6.07) is -0.772. The van der Waals surface area contributed by atoms with Crippen LogP contribution in [0.15, 0.2) is 4.99 Å². The molecule has 64 valence electrons. The van der Waals surface area contributed by atoms with Gasteiger partial charge in [0.05, 0.1) is 12.1 Å². The average Bonchev–Trinajstić information content (AvgIpc) is 2.26. The fraction of sp³-hybridized carbons (Fsp3) is 0.500. The Balaban J connectivity index is 2.85. The smallest absolute Gasteiger partial charge is 0.346 e. The highest BCUT2D eigenvalue weighted by molar-refractivity contribution is 6.02. The van der Waals surface area contributed by atoms with E-state index in [1.165, 1.54) is 4.90 Å². The van der Waals surface area contributed by atoms with Gasteiger partial charge in [-0.1, -0.05) is 5.92 Å². The Labute approximate surface area is 71.4 Å². The SMILES string of the molecule is C#CC(C)N1C(=O)N=C(N)C1C. The molecular weight excluding hydrogens is 154 g/mol. The number of carbonyl (C=O) groups excluding carboxylic acids is 1. The zero-order valence-electron chi connectivity index (χ0n) is 7.11. The van der Waals surface area contributed by atoms with Crippen molar-refractivity contribution in [2.24, 2.45) is 10.7 Å². The summed E-state index contributed by atoms with van der Waals surface area (Å²) in [7, 11) is 0. The van der Waals surface area contributed by atoms with E-state index < -0.39 is 0 Å². The van der Waals surface area contributed by atoms with Crippen LogP contribution in [0.5, 0.6) is 0 Å². The van der Waals surface area contributed by atoms with E-state index in [9.17, 15) is 4.79 Å². The lowest BCUT2D eigenvalue weighted by Crippen LogP contribution is -2.42. The van der Waals surface area contributed by atoms with Gasteiger partial charge in [-0.3, -0.25) is 4.90 Å². The minimum absolute atomic E-state index is 0.177. The molecular formula is C8H11N3O. The highest BCUT2D eigenvalue weighted by atomic mass is 16.2. The van der Waals surface area contributed by atoms with E-state index >= 15 is 0 Å². The van der Waals surface area contributed by atoms with Crippen molar-refractivity contribution in [2.45, 2.75) is 25.9 Å². The third kappa shape index (κ3) is 1.14. The van der Waals surface area contributed by atoms with Crippen molar-refractivity contribution in [3.8, 4) is 12.3 Å². The molecule has 2 N–H and O–H groups in total. The standard InChI is InChI=1S/C8H11N3O/c1-4-5(2)11-6(3)7(9)10-8(11)12/h1,5-6H,2-3H3,(H2,9,10,12). The predicted molar refractivity (Wildman–Crippen MR) is 46.6 cm³/mol. The van der Waals surface area contributed by atoms with Gasteiger partial charge < -0.3 is 5.73 Å². The Bertz CT molecular complexity index is 277. The number of aliphatic imine (C=N–C) groups is 1. The second-order valence-electron chi connectivity index (χ2n) is 2.75. The molecule has 1 rings (SSSR count). The molecule has 1 aliphatic rings. The van der Waals surface area contributed by atoms with Gasteiger partial charge in [-0.2, -0.15) is 4.99 Å². The Hall–Kier alpha value is -1.50. The molecule has 0 fully saturated rings. The zero-order valence-corrected chi connectivity index (χ0v) is 7.11. The largest absolute Gasteiger partial charge is 0.385 e. The van der Waals surface area contributed by atoms with Crippen LogP contribution in [-0.4, -0.2) is 28.9 Å². The molecule has 0 aliphatic carbocycles. The van der Waals surface area contributed by atoms with Gasteiger partial charge in [0.2, 0.25) is 0 Å². The summed E-state index contributed by atoms with van der Waals surface area (Å²) in [5.74, 6) is 2.80. The number of rotatable bonds is 1. The fourth-order valence-electron chi connectivity index (χ4n) is 1.15. The summed E-state index contributed by atoms with van der Waals surface area (Å²) in [6.45, 7) is 3.57. The van der Waals surface area contributed by atoms with Crippen LogP contribution in [0.1, 0.15) is 13.8 Å². The molecule has 2 amide bonds. The number of hydrogen-bond donors (Lipinski definition) is 1. The minimum atomic E-state index is -0.342. The van der Waals surface area contributed by atoms with E-state index in [0.29, 0.717) is 5.84 Å². The van der Waals surface area contributed by atoms with Crippen LogP contribution < -0.4 is 5.73 Å². The first kappa shape index (κ1) is 8.60. The maximum atomic E-state index is 11.2. The molecule has 2 atom stereocenters. The first-order valence-corrected chi connectivity index (χ1v) is 3.70. The van der Waals surface area contributed by atoms with Gasteiger partial charge in [-0.15, -0.1) is 6.42 Å². The summed E-state index contributed by atoms with van der Waals surface area (Å²) < 4.78 is 0. The van der Waals surface area contributed by atoms with E-state index in [4.69, 9.17) is 12.2 Å². The van der Waals surface area contributed by atoms with Gasteiger partial charge in [-0.25, -0.2) is 4.79 Å². The molecule has 1 heterocycles. The van der Waals surface area contributed by atoms with Crippen LogP contribution in [-0.2, 0) is 0 Å². The number of amides is 2. The Morgan fingerprint density at radius 1 is 1.83 bits per heavy atom. The molecule has 1 aliphatic heterocycles. The van der Waals surface area contributed by atoms with Crippen molar-refractivity contribution in [3.63, 3.8) is 0 Å². The van der Waals surface area contributed by atoms with E-state index in [1.807, 2.05) is 0 Å². The van der Waals surface area contributed by atoms with Crippen molar-refractivity contribution in [2.75, 3.05) is 0 Å². The van der Waals surface area contributed by atoms with E-state index in [1.54, 1.807) is 13.8 Å². The normalized spacial score (nSPS) is 25.1. The molecule has 0 aromatic carbocycles. The molecule has 12 heavy (non-hydrogen) atoms. The molecule has 0 saturated carbocycles. The van der Waals surface area contributed by atoms with Crippen LogP contribution in [0.2, 0.25) is 0 Å². The van der Waals surface area contributed by atoms with Gasteiger partial charge in [0.25, 0.3) is 0 Å². The molecule has 4 heteroatoms. The second kappa shape index (κ2) is 2.86. The van der Waals surface area contributed by atoms with Gasteiger partial charge >= 0.3 is 6.03 Å². The highest BCUT2D eigenvalue weighted by Gasteiger charge is 2.32. The quantitative estimate of drug-likeness (QED) is 0.564. The third-order valence-electron chi connectivity index (χ3n) is 1.95. The number of amidine groups is 1. The number of urea groups is 1. The maximum absolute atomic E-state index is 11.2. The number of nitrogens with zero attached hydrogens (tertiary/aromatic N) is 2. The molecule has 0 aromatic heterocycles. The van der Waals surface area contributed by atoms with Crippen molar-refractivity contribution in [1.29, 1.82) is 0 Å². The molecule has 0 aromatic rings. The minimum Gasteiger partial charge on any atom is -0.385 e. The Morgan fingerprint density at radius 3 is 2.75 bits per heavy atom. The van der Waals surface area contributed by atoms with Crippen LogP contribution >= 0.6 is 0 Å². The van der Waals surface area contributed by atoms with Gasteiger partial charge in [0.1, 0.15) is 5.84 Å². The first-order valence-electron chi connectivity index (χ1n) is 3.70. The van der Waals surface area contributed by atoms with Gasteiger partial charge in [0, 0.05) is 0 Å². The lowest BCUT2D eigenvalue weighted by atomic mass is 10.2. The van der Waals surface area contributed by atoms with E-state index in [2.05, 4.69) is 10.9 Å². The molecule has 0 radical (unpaired) electrons. The van der Waals surface area contributed by atoms with Gasteiger partial charge in [-0.05, 0) is 13.8 Å². The summed E-state index contributed by atoms with van der Waals surface area (Å²) in [6.07, 6.45) is 5.19. The van der Waals surface area contributed by atoms with Gasteiger partial charge in [0.15, 0.2) is 0 Å². The highest BCUT2D eigenvalue weighted by Crippen LogP contribution is 2.13.